The minimum absolute atomic E-state index is 0.807. The summed E-state index contributed by atoms with van der Waals surface area (Å²) < 4.78 is 2.86. The summed E-state index contributed by atoms with van der Waals surface area (Å²) in [5, 5.41) is 2.31. The summed E-state index contributed by atoms with van der Waals surface area (Å²) in [4.78, 5) is 4.77. The summed E-state index contributed by atoms with van der Waals surface area (Å²) in [6.07, 6.45) is 0. The van der Waals surface area contributed by atoms with Crippen molar-refractivity contribution in [1.29, 1.82) is 0 Å². The molecule has 0 bridgehead atoms. The first-order chi connectivity index (χ1) is 10.7. The van der Waals surface area contributed by atoms with Gasteiger partial charge in [-0.2, -0.15) is 0 Å². The molecule has 0 unspecified atom stereocenters. The molecule has 3 heteroatoms. The van der Waals surface area contributed by atoms with E-state index in [2.05, 4.69) is 34.9 Å². The van der Waals surface area contributed by atoms with Crippen LogP contribution in [-0.2, 0) is 7.05 Å². The molecule has 0 spiro atoms. The molecule has 22 heavy (non-hydrogen) atoms. The zero-order valence-electron chi connectivity index (χ0n) is 12.2. The maximum absolute atomic E-state index is 5.65. The van der Waals surface area contributed by atoms with Crippen molar-refractivity contribution in [2.75, 3.05) is 0 Å². The number of aromatic nitrogens is 2. The lowest BCUT2D eigenvalue weighted by Crippen LogP contribution is -1.98. The molecule has 0 saturated heterocycles. The number of fused-ring (bicyclic) bond motifs is 2. The summed E-state index contributed by atoms with van der Waals surface area (Å²) in [6, 6.07) is 22.7. The lowest BCUT2D eigenvalue weighted by molar-refractivity contribution is 0.937. The van der Waals surface area contributed by atoms with Crippen LogP contribution in [0.2, 0.25) is 0 Å². The number of pyridine rings is 2. The number of hydrogen-bond donors (Lipinski definition) is 0. The number of para-hydroxylation sites is 2. The average Bonchev–Trinajstić information content (AvgIpc) is 2.58. The quantitative estimate of drug-likeness (QED) is 0.454. The first-order valence-corrected chi connectivity index (χ1v) is 7.60. The molecule has 2 aromatic carbocycles. The number of hydrogen-bond acceptors (Lipinski definition) is 2. The molecular formula is C19H14N2S. The van der Waals surface area contributed by atoms with Gasteiger partial charge in [0.2, 0.25) is 0 Å². The molecule has 2 aromatic heterocycles. The third-order valence-electron chi connectivity index (χ3n) is 4.01. The van der Waals surface area contributed by atoms with E-state index in [4.69, 9.17) is 17.2 Å². The Labute approximate surface area is 133 Å². The Morgan fingerprint density at radius 3 is 2.45 bits per heavy atom. The van der Waals surface area contributed by atoms with Crippen LogP contribution in [-0.4, -0.2) is 9.55 Å². The Hall–Kier alpha value is -2.52. The van der Waals surface area contributed by atoms with Crippen molar-refractivity contribution in [2.24, 2.45) is 7.05 Å². The molecule has 0 amide bonds. The fourth-order valence-corrected chi connectivity index (χ4v) is 3.08. The van der Waals surface area contributed by atoms with E-state index in [1.165, 1.54) is 5.39 Å². The van der Waals surface area contributed by atoms with E-state index < -0.39 is 0 Å². The van der Waals surface area contributed by atoms with E-state index in [9.17, 15) is 0 Å². The van der Waals surface area contributed by atoms with Gasteiger partial charge in [-0.15, -0.1) is 0 Å². The predicted octanol–water partition coefficient (Wildman–Crippen LogP) is 5.12. The van der Waals surface area contributed by atoms with Crippen LogP contribution in [0, 0.1) is 4.64 Å². The van der Waals surface area contributed by atoms with Gasteiger partial charge in [0.15, 0.2) is 0 Å². The molecule has 0 N–H and O–H groups in total. The second kappa shape index (κ2) is 5.04. The van der Waals surface area contributed by atoms with Crippen LogP contribution in [0.5, 0.6) is 0 Å². The topological polar surface area (TPSA) is 17.8 Å². The maximum Gasteiger partial charge on any atom is 0.115 e. The average molecular weight is 302 g/mol. The van der Waals surface area contributed by atoms with Gasteiger partial charge in [0.05, 0.1) is 11.2 Å². The van der Waals surface area contributed by atoms with Crippen LogP contribution in [0.4, 0.5) is 0 Å². The Balaban J connectivity index is 2.03. The van der Waals surface area contributed by atoms with Crippen molar-refractivity contribution in [1.82, 2.24) is 9.55 Å². The van der Waals surface area contributed by atoms with Gasteiger partial charge in [-0.1, -0.05) is 54.7 Å². The van der Waals surface area contributed by atoms with E-state index in [1.807, 2.05) is 43.4 Å². The second-order valence-electron chi connectivity index (χ2n) is 5.37. The van der Waals surface area contributed by atoms with E-state index in [1.54, 1.807) is 0 Å². The van der Waals surface area contributed by atoms with Gasteiger partial charge in [0.1, 0.15) is 4.64 Å². The molecule has 0 fully saturated rings. The van der Waals surface area contributed by atoms with Gasteiger partial charge in [0, 0.05) is 23.5 Å². The molecule has 0 aliphatic carbocycles. The Morgan fingerprint density at radius 2 is 1.59 bits per heavy atom. The van der Waals surface area contributed by atoms with Crippen LogP contribution >= 0.6 is 12.2 Å². The third-order valence-corrected chi connectivity index (χ3v) is 4.50. The molecule has 4 rings (SSSR count). The van der Waals surface area contributed by atoms with Crippen LogP contribution in [0.3, 0.4) is 0 Å². The molecule has 0 aliphatic heterocycles. The normalized spacial score (nSPS) is 11.1. The molecule has 0 radical (unpaired) electrons. The van der Waals surface area contributed by atoms with Crippen LogP contribution in [0.1, 0.15) is 0 Å². The van der Waals surface area contributed by atoms with Crippen molar-refractivity contribution in [3.63, 3.8) is 0 Å². The molecule has 0 aliphatic rings. The molecule has 2 heterocycles. The van der Waals surface area contributed by atoms with E-state index in [0.717, 1.165) is 32.3 Å². The lowest BCUT2D eigenvalue weighted by Gasteiger charge is -2.10. The summed E-state index contributed by atoms with van der Waals surface area (Å²) in [5.41, 5.74) is 4.05. The molecule has 2 nitrogen and oxygen atoms in total. The van der Waals surface area contributed by atoms with Gasteiger partial charge in [-0.25, -0.2) is 4.98 Å². The van der Waals surface area contributed by atoms with Crippen molar-refractivity contribution in [3.05, 3.63) is 71.4 Å². The predicted molar refractivity (Wildman–Crippen MR) is 94.5 cm³/mol. The second-order valence-corrected chi connectivity index (χ2v) is 5.76. The van der Waals surface area contributed by atoms with Gasteiger partial charge in [-0.05, 0) is 29.7 Å². The zero-order valence-corrected chi connectivity index (χ0v) is 13.0. The summed E-state index contributed by atoms with van der Waals surface area (Å²) >= 11 is 5.65. The molecule has 0 atom stereocenters. The number of nitrogens with zero attached hydrogens (tertiary/aromatic N) is 2. The Morgan fingerprint density at radius 1 is 0.864 bits per heavy atom. The highest BCUT2D eigenvalue weighted by molar-refractivity contribution is 7.71. The summed E-state index contributed by atoms with van der Waals surface area (Å²) in [6.45, 7) is 0. The van der Waals surface area contributed by atoms with Crippen LogP contribution in [0.15, 0.2) is 66.7 Å². The molecular weight excluding hydrogens is 288 g/mol. The van der Waals surface area contributed by atoms with Crippen molar-refractivity contribution in [3.8, 4) is 11.3 Å². The molecule has 106 valence electrons. The number of benzene rings is 2. The first kappa shape index (κ1) is 13.2. The highest BCUT2D eigenvalue weighted by Gasteiger charge is 2.08. The summed E-state index contributed by atoms with van der Waals surface area (Å²) in [5.74, 6) is 0. The van der Waals surface area contributed by atoms with E-state index in [0.29, 0.717) is 0 Å². The van der Waals surface area contributed by atoms with Gasteiger partial charge in [-0.3, -0.25) is 0 Å². The van der Waals surface area contributed by atoms with Crippen molar-refractivity contribution >= 4 is 34.0 Å². The SMILES string of the molecule is Cn1c(=S)c(-c2ccc3ccccc3n2)cc2ccccc21. The highest BCUT2D eigenvalue weighted by Crippen LogP contribution is 2.26. The first-order valence-electron chi connectivity index (χ1n) is 7.19. The van der Waals surface area contributed by atoms with E-state index >= 15 is 0 Å². The van der Waals surface area contributed by atoms with Crippen LogP contribution < -0.4 is 0 Å². The molecule has 0 saturated carbocycles. The largest absolute Gasteiger partial charge is 0.335 e. The van der Waals surface area contributed by atoms with Crippen molar-refractivity contribution < 1.29 is 0 Å². The van der Waals surface area contributed by atoms with Gasteiger partial charge in [0.25, 0.3) is 0 Å². The summed E-state index contributed by atoms with van der Waals surface area (Å²) in [7, 11) is 2.01. The third kappa shape index (κ3) is 2.02. The van der Waals surface area contributed by atoms with Crippen molar-refractivity contribution in [2.45, 2.75) is 0 Å². The van der Waals surface area contributed by atoms with Gasteiger partial charge >= 0.3 is 0 Å². The monoisotopic (exact) mass is 302 g/mol. The maximum atomic E-state index is 5.65. The minimum Gasteiger partial charge on any atom is -0.335 e. The van der Waals surface area contributed by atoms with Crippen LogP contribution in [0.25, 0.3) is 33.1 Å². The number of rotatable bonds is 1. The Kier molecular flexibility index (Phi) is 3.01. The zero-order chi connectivity index (χ0) is 15.1. The fourth-order valence-electron chi connectivity index (χ4n) is 2.82. The van der Waals surface area contributed by atoms with E-state index in [-0.39, 0.29) is 0 Å². The number of aryl methyl sites for hydroxylation is 1. The van der Waals surface area contributed by atoms with Gasteiger partial charge < -0.3 is 4.57 Å². The smallest absolute Gasteiger partial charge is 0.115 e. The molecule has 4 aromatic rings. The lowest BCUT2D eigenvalue weighted by atomic mass is 10.1. The fraction of sp³-hybridized carbons (Fsp3) is 0.0526. The minimum atomic E-state index is 0.807. The standard InChI is InChI=1S/C19H14N2S/c1-21-18-9-5-3-7-14(18)12-15(19(21)22)17-11-10-13-6-2-4-8-16(13)20-17/h2-12H,1H3. The highest BCUT2D eigenvalue weighted by atomic mass is 32.1. The Bertz CT molecular complexity index is 1060.